The summed E-state index contributed by atoms with van der Waals surface area (Å²) in [6.07, 6.45) is 0.920. The lowest BCUT2D eigenvalue weighted by molar-refractivity contribution is 0.149. The van der Waals surface area contributed by atoms with Gasteiger partial charge in [0.05, 0.1) is 20.8 Å². The maximum Gasteiger partial charge on any atom is 0.162 e. The molecule has 0 aromatic heterocycles. The zero-order chi connectivity index (χ0) is 13.6. The number of aliphatic hydroxyl groups excluding tert-OH is 1. The fraction of sp³-hybridized carbons (Fsp3) is 0.571. The molecular formula is C14H23NO3. The molecule has 102 valence electrons. The van der Waals surface area contributed by atoms with Gasteiger partial charge < -0.3 is 19.9 Å². The van der Waals surface area contributed by atoms with Crippen LogP contribution < -0.4 is 14.8 Å². The lowest BCUT2D eigenvalue weighted by Crippen LogP contribution is -2.29. The summed E-state index contributed by atoms with van der Waals surface area (Å²) in [5, 5.41) is 12.7. The number of anilines is 1. The number of rotatable bonds is 7. The highest BCUT2D eigenvalue weighted by atomic mass is 16.5. The molecule has 4 nitrogen and oxygen atoms in total. The molecule has 1 unspecified atom stereocenters. The van der Waals surface area contributed by atoms with E-state index in [1.54, 1.807) is 14.2 Å². The van der Waals surface area contributed by atoms with E-state index in [9.17, 15) is 5.11 Å². The predicted molar refractivity (Wildman–Crippen MR) is 73.5 cm³/mol. The Morgan fingerprint density at radius 1 is 1.22 bits per heavy atom. The largest absolute Gasteiger partial charge is 0.493 e. The predicted octanol–water partition coefficient (Wildman–Crippen LogP) is 2.52. The Bertz CT molecular complexity index is 375. The van der Waals surface area contributed by atoms with E-state index in [0.717, 1.165) is 18.7 Å². The zero-order valence-electron chi connectivity index (χ0n) is 11.6. The number of methoxy groups -OCH3 is 2. The Hall–Kier alpha value is -1.42. The minimum atomic E-state index is -0.104. The Morgan fingerprint density at radius 3 is 2.39 bits per heavy atom. The summed E-state index contributed by atoms with van der Waals surface area (Å²) < 4.78 is 10.4. The van der Waals surface area contributed by atoms with Gasteiger partial charge in [0.1, 0.15) is 0 Å². The molecule has 0 bridgehead atoms. The molecule has 0 aliphatic heterocycles. The Morgan fingerprint density at radius 2 is 1.89 bits per heavy atom. The van der Waals surface area contributed by atoms with Gasteiger partial charge in [-0.15, -0.1) is 0 Å². The van der Waals surface area contributed by atoms with E-state index in [4.69, 9.17) is 9.47 Å². The molecule has 0 aliphatic carbocycles. The summed E-state index contributed by atoms with van der Waals surface area (Å²) in [7, 11) is 3.23. The van der Waals surface area contributed by atoms with Gasteiger partial charge in [-0.25, -0.2) is 0 Å². The van der Waals surface area contributed by atoms with E-state index < -0.39 is 0 Å². The number of hydrogen-bond acceptors (Lipinski definition) is 4. The molecule has 0 saturated carbocycles. The van der Waals surface area contributed by atoms with Crippen LogP contribution in [0.3, 0.4) is 0 Å². The molecule has 0 saturated heterocycles. The first-order valence-electron chi connectivity index (χ1n) is 6.15. The van der Waals surface area contributed by atoms with Gasteiger partial charge in [0.15, 0.2) is 11.5 Å². The second-order valence-electron chi connectivity index (χ2n) is 4.75. The first-order valence-corrected chi connectivity index (χ1v) is 6.15. The molecule has 18 heavy (non-hydrogen) atoms. The van der Waals surface area contributed by atoms with Crippen LogP contribution in [-0.2, 0) is 0 Å². The lowest BCUT2D eigenvalue weighted by atomic mass is 9.88. The van der Waals surface area contributed by atoms with Crippen molar-refractivity contribution < 1.29 is 14.6 Å². The molecule has 1 aromatic rings. The number of hydrogen-bond donors (Lipinski definition) is 2. The molecule has 0 amide bonds. The minimum Gasteiger partial charge on any atom is -0.493 e. The van der Waals surface area contributed by atoms with Gasteiger partial charge in [-0.1, -0.05) is 13.8 Å². The Labute approximate surface area is 109 Å². The van der Waals surface area contributed by atoms with Gasteiger partial charge in [-0.05, 0) is 18.6 Å². The molecule has 0 aliphatic rings. The van der Waals surface area contributed by atoms with Crippen LogP contribution in [0.25, 0.3) is 0 Å². The summed E-state index contributed by atoms with van der Waals surface area (Å²) in [4.78, 5) is 0. The van der Waals surface area contributed by atoms with E-state index in [-0.39, 0.29) is 12.0 Å². The van der Waals surface area contributed by atoms with Crippen LogP contribution in [0.1, 0.15) is 20.3 Å². The average Bonchev–Trinajstić information content (AvgIpc) is 2.44. The van der Waals surface area contributed by atoms with Crippen molar-refractivity contribution >= 4 is 5.69 Å². The van der Waals surface area contributed by atoms with Crippen molar-refractivity contribution in [2.45, 2.75) is 20.3 Å². The summed E-state index contributed by atoms with van der Waals surface area (Å²) in [5.74, 6) is 1.41. The third-order valence-electron chi connectivity index (χ3n) is 3.34. The topological polar surface area (TPSA) is 50.7 Å². The summed E-state index contributed by atoms with van der Waals surface area (Å²) in [5.41, 5.74) is 0.855. The average molecular weight is 253 g/mol. The smallest absolute Gasteiger partial charge is 0.162 e. The number of aliphatic hydroxyl groups is 1. The highest BCUT2D eigenvalue weighted by Gasteiger charge is 2.20. The lowest BCUT2D eigenvalue weighted by Gasteiger charge is -2.26. The molecule has 0 fully saturated rings. The van der Waals surface area contributed by atoms with E-state index in [2.05, 4.69) is 19.2 Å². The fourth-order valence-electron chi connectivity index (χ4n) is 1.55. The quantitative estimate of drug-likeness (QED) is 0.784. The van der Waals surface area contributed by atoms with E-state index in [0.29, 0.717) is 11.5 Å². The summed E-state index contributed by atoms with van der Waals surface area (Å²) in [6.45, 7) is 5.02. The van der Waals surface area contributed by atoms with Crippen LogP contribution in [0.4, 0.5) is 5.69 Å². The summed E-state index contributed by atoms with van der Waals surface area (Å²) in [6, 6.07) is 5.70. The third kappa shape index (κ3) is 3.53. The van der Waals surface area contributed by atoms with Gasteiger partial charge >= 0.3 is 0 Å². The standard InChI is InChI=1S/C14H23NO3/c1-5-14(2,10-16)9-15-11-6-7-12(17-3)13(8-11)18-4/h6-8,15-16H,5,9-10H2,1-4H3. The van der Waals surface area contributed by atoms with E-state index in [1.807, 2.05) is 18.2 Å². The van der Waals surface area contributed by atoms with Crippen molar-refractivity contribution in [3.63, 3.8) is 0 Å². The highest BCUT2D eigenvalue weighted by molar-refractivity contribution is 5.54. The fourth-order valence-corrected chi connectivity index (χ4v) is 1.55. The maximum absolute atomic E-state index is 9.36. The third-order valence-corrected chi connectivity index (χ3v) is 3.34. The van der Waals surface area contributed by atoms with Crippen molar-refractivity contribution in [2.24, 2.45) is 5.41 Å². The first-order chi connectivity index (χ1) is 8.58. The van der Waals surface area contributed by atoms with Gasteiger partial charge in [0.2, 0.25) is 0 Å². The molecule has 4 heteroatoms. The Balaban J connectivity index is 2.74. The molecule has 0 radical (unpaired) electrons. The van der Waals surface area contributed by atoms with Crippen molar-refractivity contribution in [1.29, 1.82) is 0 Å². The van der Waals surface area contributed by atoms with Gasteiger partial charge in [-0.3, -0.25) is 0 Å². The monoisotopic (exact) mass is 253 g/mol. The molecule has 0 spiro atoms. The van der Waals surface area contributed by atoms with Crippen molar-refractivity contribution in [3.05, 3.63) is 18.2 Å². The minimum absolute atomic E-state index is 0.104. The van der Waals surface area contributed by atoms with Gasteiger partial charge in [0, 0.05) is 23.7 Å². The van der Waals surface area contributed by atoms with Crippen LogP contribution >= 0.6 is 0 Å². The molecule has 2 N–H and O–H groups in total. The summed E-state index contributed by atoms with van der Waals surface area (Å²) >= 11 is 0. The molecular weight excluding hydrogens is 230 g/mol. The van der Waals surface area contributed by atoms with Crippen LogP contribution in [-0.4, -0.2) is 32.5 Å². The van der Waals surface area contributed by atoms with Crippen molar-refractivity contribution in [1.82, 2.24) is 0 Å². The van der Waals surface area contributed by atoms with Crippen molar-refractivity contribution in [2.75, 3.05) is 32.7 Å². The van der Waals surface area contributed by atoms with Crippen LogP contribution in [0.15, 0.2) is 18.2 Å². The van der Waals surface area contributed by atoms with E-state index >= 15 is 0 Å². The highest BCUT2D eigenvalue weighted by Crippen LogP contribution is 2.30. The SMILES string of the molecule is CCC(C)(CO)CNc1ccc(OC)c(OC)c1. The number of ether oxygens (including phenoxy) is 2. The number of nitrogens with one attached hydrogen (secondary N) is 1. The molecule has 1 atom stereocenters. The second kappa shape index (κ2) is 6.50. The second-order valence-corrected chi connectivity index (χ2v) is 4.75. The maximum atomic E-state index is 9.36. The van der Waals surface area contributed by atoms with Crippen LogP contribution in [0, 0.1) is 5.41 Å². The molecule has 1 aromatic carbocycles. The normalized spacial score (nSPS) is 13.8. The zero-order valence-corrected chi connectivity index (χ0v) is 11.6. The van der Waals surface area contributed by atoms with Crippen LogP contribution in [0.2, 0.25) is 0 Å². The Kier molecular flexibility index (Phi) is 5.28. The van der Waals surface area contributed by atoms with Crippen LogP contribution in [0.5, 0.6) is 11.5 Å². The number of benzene rings is 1. The van der Waals surface area contributed by atoms with Crippen molar-refractivity contribution in [3.8, 4) is 11.5 Å². The van der Waals surface area contributed by atoms with E-state index in [1.165, 1.54) is 0 Å². The molecule has 1 rings (SSSR count). The molecule has 0 heterocycles. The first kappa shape index (κ1) is 14.6. The van der Waals surface area contributed by atoms with Gasteiger partial charge in [0.25, 0.3) is 0 Å². The van der Waals surface area contributed by atoms with Gasteiger partial charge in [-0.2, -0.15) is 0 Å².